The number of carbonyl (C=O) groups is 1. The quantitative estimate of drug-likeness (QED) is 0.827. The molecule has 0 aliphatic carbocycles. The lowest BCUT2D eigenvalue weighted by Gasteiger charge is -2.06. The van der Waals surface area contributed by atoms with Crippen molar-refractivity contribution in [2.24, 2.45) is 0 Å². The van der Waals surface area contributed by atoms with Crippen LogP contribution < -0.4 is 5.32 Å². The molecule has 2 aromatic rings. The minimum atomic E-state index is -0.684. The summed E-state index contributed by atoms with van der Waals surface area (Å²) in [7, 11) is 0. The molecule has 0 atom stereocenters. The van der Waals surface area contributed by atoms with E-state index in [1.807, 2.05) is 19.9 Å². The zero-order valence-electron chi connectivity index (χ0n) is 10.1. The van der Waals surface area contributed by atoms with E-state index in [-0.39, 0.29) is 5.69 Å². The van der Waals surface area contributed by atoms with Crippen molar-refractivity contribution in [2.45, 2.75) is 13.8 Å². The van der Waals surface area contributed by atoms with Crippen LogP contribution in [0.15, 0.2) is 30.3 Å². The summed E-state index contributed by atoms with van der Waals surface area (Å²) in [5, 5.41) is 2.59. The predicted molar refractivity (Wildman–Crippen MR) is 65.9 cm³/mol. The van der Waals surface area contributed by atoms with Gasteiger partial charge in [0.05, 0.1) is 0 Å². The second-order valence-corrected chi connectivity index (χ2v) is 3.97. The van der Waals surface area contributed by atoms with Gasteiger partial charge in [-0.3, -0.25) is 4.79 Å². The molecule has 0 bridgehead atoms. The number of carbonyl (C=O) groups excluding carboxylic acids is 1. The average Bonchev–Trinajstić information content (AvgIpc) is 2.27. The maximum Gasteiger partial charge on any atom is 0.275 e. The number of halogens is 1. The third-order valence-electron chi connectivity index (χ3n) is 2.29. The summed E-state index contributed by atoms with van der Waals surface area (Å²) in [6, 6.07) is 7.71. The largest absolute Gasteiger partial charge is 0.305 e. The Hall–Kier alpha value is -2.30. The summed E-state index contributed by atoms with van der Waals surface area (Å²) >= 11 is 0. The molecule has 1 N–H and O–H groups in total. The Morgan fingerprint density at radius 1 is 1.22 bits per heavy atom. The van der Waals surface area contributed by atoms with E-state index in [0.717, 1.165) is 11.3 Å². The minimum absolute atomic E-state index is 0.0240. The van der Waals surface area contributed by atoms with E-state index in [1.165, 1.54) is 18.2 Å². The highest BCUT2D eigenvalue weighted by atomic mass is 19.1. The summed E-state index contributed by atoms with van der Waals surface area (Å²) < 4.78 is 12.9. The second-order valence-electron chi connectivity index (χ2n) is 3.97. The first-order valence-electron chi connectivity index (χ1n) is 5.44. The number of nitrogens with one attached hydrogen (secondary N) is 1. The molecule has 0 aliphatic heterocycles. The fraction of sp³-hybridized carbons (Fsp3) is 0.154. The van der Waals surface area contributed by atoms with Crippen LogP contribution in [-0.2, 0) is 0 Å². The summed E-state index contributed by atoms with van der Waals surface area (Å²) in [5.41, 5.74) is 1.82. The minimum Gasteiger partial charge on any atom is -0.305 e. The van der Waals surface area contributed by atoms with Crippen LogP contribution in [0.4, 0.5) is 10.2 Å². The molecule has 0 aliphatic rings. The van der Waals surface area contributed by atoms with Gasteiger partial charge in [-0.25, -0.2) is 9.97 Å². The molecule has 0 saturated heterocycles. The van der Waals surface area contributed by atoms with Crippen molar-refractivity contribution in [2.75, 3.05) is 5.32 Å². The highest BCUT2D eigenvalue weighted by Gasteiger charge is 2.09. The van der Waals surface area contributed by atoms with Gasteiger partial charge < -0.3 is 5.32 Å². The smallest absolute Gasteiger partial charge is 0.275 e. The van der Waals surface area contributed by atoms with E-state index in [2.05, 4.69) is 15.3 Å². The SMILES string of the molecule is Cc1cc(C)nc(NC(=O)c2cccc(F)n2)c1. The first kappa shape index (κ1) is 12.2. The van der Waals surface area contributed by atoms with Gasteiger partial charge in [0.2, 0.25) is 5.95 Å². The molecule has 0 fully saturated rings. The summed E-state index contributed by atoms with van der Waals surface area (Å²) in [5.74, 6) is -0.730. The van der Waals surface area contributed by atoms with Gasteiger partial charge in [0.15, 0.2) is 0 Å². The Morgan fingerprint density at radius 2 is 2.00 bits per heavy atom. The Kier molecular flexibility index (Phi) is 3.32. The number of nitrogens with zero attached hydrogens (tertiary/aromatic N) is 2. The van der Waals surface area contributed by atoms with Crippen LogP contribution in [0, 0.1) is 19.8 Å². The number of aromatic nitrogens is 2. The van der Waals surface area contributed by atoms with Crippen LogP contribution in [0.1, 0.15) is 21.7 Å². The third-order valence-corrected chi connectivity index (χ3v) is 2.29. The fourth-order valence-electron chi connectivity index (χ4n) is 1.62. The van der Waals surface area contributed by atoms with Crippen LogP contribution in [-0.4, -0.2) is 15.9 Å². The summed E-state index contributed by atoms with van der Waals surface area (Å²) in [4.78, 5) is 19.5. The Balaban J connectivity index is 2.21. The lowest BCUT2D eigenvalue weighted by atomic mass is 10.2. The van der Waals surface area contributed by atoms with Crippen LogP contribution in [0.2, 0.25) is 0 Å². The second kappa shape index (κ2) is 4.91. The van der Waals surface area contributed by atoms with Crippen LogP contribution in [0.25, 0.3) is 0 Å². The Morgan fingerprint density at radius 3 is 2.67 bits per heavy atom. The fourth-order valence-corrected chi connectivity index (χ4v) is 1.62. The number of aryl methyl sites for hydroxylation is 2. The highest BCUT2D eigenvalue weighted by molar-refractivity contribution is 6.02. The molecular weight excluding hydrogens is 233 g/mol. The molecule has 5 heteroatoms. The van der Waals surface area contributed by atoms with Crippen molar-refractivity contribution in [1.29, 1.82) is 0 Å². The van der Waals surface area contributed by atoms with Gasteiger partial charge in [-0.2, -0.15) is 4.39 Å². The van der Waals surface area contributed by atoms with E-state index in [0.29, 0.717) is 5.82 Å². The normalized spacial score (nSPS) is 10.2. The molecular formula is C13H12FN3O. The predicted octanol–water partition coefficient (Wildman–Crippen LogP) is 2.48. The number of pyridine rings is 2. The standard InChI is InChI=1S/C13H12FN3O/c1-8-6-9(2)15-12(7-8)17-13(18)10-4-3-5-11(14)16-10/h3-7H,1-2H3,(H,15,17,18). The number of hydrogen-bond acceptors (Lipinski definition) is 3. The molecule has 0 radical (unpaired) electrons. The molecule has 1 amide bonds. The molecule has 0 aromatic carbocycles. The lowest BCUT2D eigenvalue weighted by molar-refractivity contribution is 0.102. The van der Waals surface area contributed by atoms with Crippen LogP contribution >= 0.6 is 0 Å². The molecule has 2 heterocycles. The van der Waals surface area contributed by atoms with Crippen molar-refractivity contribution in [3.8, 4) is 0 Å². The summed E-state index contributed by atoms with van der Waals surface area (Å²) in [6.45, 7) is 3.74. The monoisotopic (exact) mass is 245 g/mol. The van der Waals surface area contributed by atoms with Gasteiger partial charge in [0.1, 0.15) is 11.5 Å². The van der Waals surface area contributed by atoms with Gasteiger partial charge in [-0.15, -0.1) is 0 Å². The Bertz CT molecular complexity index is 578. The number of amides is 1. The average molecular weight is 245 g/mol. The summed E-state index contributed by atoms with van der Waals surface area (Å²) in [6.07, 6.45) is 0. The molecule has 0 saturated carbocycles. The van der Waals surface area contributed by atoms with Gasteiger partial charge in [-0.05, 0) is 43.7 Å². The van der Waals surface area contributed by atoms with Gasteiger partial charge in [-0.1, -0.05) is 6.07 Å². The van der Waals surface area contributed by atoms with Crippen molar-refractivity contribution < 1.29 is 9.18 Å². The zero-order chi connectivity index (χ0) is 13.1. The van der Waals surface area contributed by atoms with E-state index in [9.17, 15) is 9.18 Å². The van der Waals surface area contributed by atoms with Crippen molar-refractivity contribution in [3.63, 3.8) is 0 Å². The van der Waals surface area contributed by atoms with E-state index in [4.69, 9.17) is 0 Å². The van der Waals surface area contributed by atoms with Crippen molar-refractivity contribution in [3.05, 3.63) is 53.2 Å². The van der Waals surface area contributed by atoms with Crippen molar-refractivity contribution >= 4 is 11.7 Å². The number of anilines is 1. The highest BCUT2D eigenvalue weighted by Crippen LogP contribution is 2.10. The molecule has 0 unspecified atom stereocenters. The maximum absolute atomic E-state index is 12.9. The van der Waals surface area contributed by atoms with Crippen LogP contribution in [0.5, 0.6) is 0 Å². The van der Waals surface area contributed by atoms with E-state index in [1.54, 1.807) is 6.07 Å². The topological polar surface area (TPSA) is 54.9 Å². The van der Waals surface area contributed by atoms with Gasteiger partial charge in [0, 0.05) is 5.69 Å². The lowest BCUT2D eigenvalue weighted by Crippen LogP contribution is -2.15. The first-order valence-corrected chi connectivity index (χ1v) is 5.44. The molecule has 18 heavy (non-hydrogen) atoms. The van der Waals surface area contributed by atoms with Gasteiger partial charge in [0.25, 0.3) is 5.91 Å². The molecule has 2 aromatic heterocycles. The molecule has 92 valence electrons. The molecule has 2 rings (SSSR count). The number of rotatable bonds is 2. The van der Waals surface area contributed by atoms with Crippen LogP contribution in [0.3, 0.4) is 0 Å². The van der Waals surface area contributed by atoms with Crippen molar-refractivity contribution in [1.82, 2.24) is 9.97 Å². The number of hydrogen-bond donors (Lipinski definition) is 1. The first-order chi connectivity index (χ1) is 8.54. The maximum atomic E-state index is 12.9. The Labute approximate surface area is 104 Å². The third kappa shape index (κ3) is 2.88. The molecule has 4 nitrogen and oxygen atoms in total. The van der Waals surface area contributed by atoms with E-state index >= 15 is 0 Å². The van der Waals surface area contributed by atoms with Gasteiger partial charge >= 0.3 is 0 Å². The van der Waals surface area contributed by atoms with E-state index < -0.39 is 11.9 Å². The zero-order valence-corrected chi connectivity index (χ0v) is 10.1. The molecule has 0 spiro atoms.